The molecule has 2 aliphatic rings. The van der Waals surface area contributed by atoms with Crippen LogP contribution in [0.3, 0.4) is 0 Å². The van der Waals surface area contributed by atoms with Crippen molar-refractivity contribution in [2.45, 2.75) is 64.0 Å². The normalized spacial score (nSPS) is 20.4. The third-order valence-electron chi connectivity index (χ3n) is 6.03. The Bertz CT molecular complexity index is 1030. The highest BCUT2D eigenvalue weighted by atomic mass is 35.5. The van der Waals surface area contributed by atoms with Crippen LogP contribution in [0.4, 0.5) is 5.82 Å². The lowest BCUT2D eigenvalue weighted by Crippen LogP contribution is -2.40. The Labute approximate surface area is 186 Å². The molecule has 1 fully saturated rings. The molecule has 4 rings (SSSR count). The lowest BCUT2D eigenvalue weighted by atomic mass is 9.85. The summed E-state index contributed by atoms with van der Waals surface area (Å²) in [4.78, 5) is 28.9. The van der Waals surface area contributed by atoms with Gasteiger partial charge in [0.05, 0.1) is 17.3 Å². The maximum atomic E-state index is 12.9. The first-order valence-electron chi connectivity index (χ1n) is 10.7. The Hall–Kier alpha value is -2.92. The van der Waals surface area contributed by atoms with Gasteiger partial charge in [0.1, 0.15) is 12.2 Å². The fourth-order valence-corrected chi connectivity index (χ4v) is 4.70. The van der Waals surface area contributed by atoms with Gasteiger partial charge in [-0.3, -0.25) is 14.3 Å². The van der Waals surface area contributed by atoms with E-state index in [0.717, 1.165) is 56.2 Å². The number of pyridine rings is 1. The fraction of sp³-hybridized carbons (Fsp3) is 0.500. The summed E-state index contributed by atoms with van der Waals surface area (Å²) in [5, 5.41) is 19.4. The zero-order chi connectivity index (χ0) is 21.8. The maximum absolute atomic E-state index is 12.9. The summed E-state index contributed by atoms with van der Waals surface area (Å²) >= 11 is 6.43. The minimum absolute atomic E-state index is 0.0852. The Morgan fingerprint density at radius 2 is 2.10 bits per heavy atom. The molecule has 1 saturated carbocycles. The largest absolute Gasteiger partial charge is 0.352 e. The average molecular weight is 441 g/mol. The number of hydrogen-bond donors (Lipinski definition) is 2. The molecule has 2 aromatic heterocycles. The van der Waals surface area contributed by atoms with Gasteiger partial charge >= 0.3 is 0 Å². The molecule has 9 heteroatoms. The van der Waals surface area contributed by atoms with Crippen molar-refractivity contribution in [1.29, 1.82) is 5.26 Å². The van der Waals surface area contributed by atoms with Gasteiger partial charge in [0.15, 0.2) is 0 Å². The van der Waals surface area contributed by atoms with Crippen molar-refractivity contribution in [1.82, 2.24) is 20.1 Å². The number of rotatable bonds is 5. The summed E-state index contributed by atoms with van der Waals surface area (Å²) in [7, 11) is 0. The number of anilines is 1. The molecule has 0 bridgehead atoms. The van der Waals surface area contributed by atoms with Crippen molar-refractivity contribution in [3.63, 3.8) is 0 Å². The molecule has 2 aromatic rings. The zero-order valence-corrected chi connectivity index (χ0v) is 18.0. The van der Waals surface area contributed by atoms with Crippen LogP contribution in [0, 0.1) is 17.2 Å². The van der Waals surface area contributed by atoms with Crippen molar-refractivity contribution in [2.75, 3.05) is 5.32 Å². The van der Waals surface area contributed by atoms with Gasteiger partial charge in [0.2, 0.25) is 11.8 Å². The van der Waals surface area contributed by atoms with Crippen molar-refractivity contribution >= 4 is 29.2 Å². The number of nitrogens with one attached hydrogen (secondary N) is 2. The molecule has 2 N–H and O–H groups in total. The lowest BCUT2D eigenvalue weighted by Gasteiger charge is -2.28. The zero-order valence-electron chi connectivity index (χ0n) is 17.2. The van der Waals surface area contributed by atoms with Gasteiger partial charge in [0.25, 0.3) is 0 Å². The van der Waals surface area contributed by atoms with E-state index in [1.807, 2.05) is 23.0 Å². The highest BCUT2D eigenvalue weighted by Crippen LogP contribution is 2.34. The second kappa shape index (κ2) is 9.48. The van der Waals surface area contributed by atoms with E-state index in [4.69, 9.17) is 16.9 Å². The van der Waals surface area contributed by atoms with Crippen LogP contribution in [0.1, 0.15) is 50.6 Å². The summed E-state index contributed by atoms with van der Waals surface area (Å²) in [5.41, 5.74) is 2.97. The Morgan fingerprint density at radius 3 is 2.94 bits per heavy atom. The van der Waals surface area contributed by atoms with Gasteiger partial charge < -0.3 is 10.6 Å². The summed E-state index contributed by atoms with van der Waals surface area (Å²) in [5.74, 6) is -0.166. The van der Waals surface area contributed by atoms with Gasteiger partial charge in [-0.25, -0.2) is 4.98 Å². The van der Waals surface area contributed by atoms with Crippen molar-refractivity contribution < 1.29 is 9.59 Å². The highest BCUT2D eigenvalue weighted by molar-refractivity contribution is 6.33. The summed E-state index contributed by atoms with van der Waals surface area (Å²) in [6.07, 6.45) is 9.41. The Kier molecular flexibility index (Phi) is 6.52. The quantitative estimate of drug-likeness (QED) is 0.739. The average Bonchev–Trinajstić information content (AvgIpc) is 3.19. The van der Waals surface area contributed by atoms with Crippen LogP contribution >= 0.6 is 11.6 Å². The first kappa shape index (κ1) is 21.3. The number of amides is 2. The molecule has 0 aromatic carbocycles. The number of nitrogens with zero attached hydrogens (tertiary/aromatic N) is 4. The van der Waals surface area contributed by atoms with Crippen LogP contribution in [0.5, 0.6) is 0 Å². The number of halogens is 1. The van der Waals surface area contributed by atoms with E-state index in [2.05, 4.69) is 20.7 Å². The van der Waals surface area contributed by atoms with Crippen LogP contribution < -0.4 is 10.6 Å². The molecule has 2 amide bonds. The number of fused-ring (bicyclic) bond motifs is 1. The smallest absolute Gasteiger partial charge is 0.234 e. The predicted molar refractivity (Wildman–Crippen MR) is 116 cm³/mol. The van der Waals surface area contributed by atoms with E-state index >= 15 is 0 Å². The van der Waals surface area contributed by atoms with Crippen LogP contribution in [-0.4, -0.2) is 32.6 Å². The van der Waals surface area contributed by atoms with E-state index in [1.165, 1.54) is 5.69 Å². The predicted octanol–water partition coefficient (Wildman–Crippen LogP) is 3.46. The van der Waals surface area contributed by atoms with Gasteiger partial charge in [-0.2, -0.15) is 10.4 Å². The summed E-state index contributed by atoms with van der Waals surface area (Å²) in [6.45, 7) is 0.912. The molecule has 1 aliphatic heterocycles. The maximum Gasteiger partial charge on any atom is 0.234 e. The standard InChI is InChI=1S/C22H25ClN6O2/c23-18-13-25-20(11-16(18)17-12-26-29-9-2-1-6-19(17)29)28-22(31)14-4-3-5-15(10-14)27-21(30)7-8-24/h11-15H,1-7,9-10H2,(H,27,30)(H,25,28,31)/t14-,15-/m1/s1. The van der Waals surface area contributed by atoms with Crippen molar-refractivity contribution in [3.8, 4) is 17.2 Å². The number of aromatic nitrogens is 3. The van der Waals surface area contributed by atoms with Crippen molar-refractivity contribution in [3.05, 3.63) is 29.2 Å². The molecule has 8 nitrogen and oxygen atoms in total. The van der Waals surface area contributed by atoms with Gasteiger partial charge in [0, 0.05) is 41.5 Å². The van der Waals surface area contributed by atoms with Crippen LogP contribution in [0.15, 0.2) is 18.5 Å². The molecule has 0 unspecified atom stereocenters. The monoisotopic (exact) mass is 440 g/mol. The lowest BCUT2D eigenvalue weighted by molar-refractivity contribution is -0.124. The molecule has 2 atom stereocenters. The van der Waals surface area contributed by atoms with Gasteiger partial charge in [-0.15, -0.1) is 0 Å². The summed E-state index contributed by atoms with van der Waals surface area (Å²) in [6, 6.07) is 3.57. The molecular weight excluding hydrogens is 416 g/mol. The minimum Gasteiger partial charge on any atom is -0.352 e. The SMILES string of the molecule is N#CCC(=O)N[C@@H]1CCC[C@@H](C(=O)Nc2cc(-c3cnn4c3CCCC4)c(Cl)cn2)C1. The second-order valence-electron chi connectivity index (χ2n) is 8.19. The first-order chi connectivity index (χ1) is 15.0. The highest BCUT2D eigenvalue weighted by Gasteiger charge is 2.28. The summed E-state index contributed by atoms with van der Waals surface area (Å²) < 4.78 is 2.02. The van der Waals surface area contributed by atoms with E-state index in [-0.39, 0.29) is 30.2 Å². The molecule has 1 aliphatic carbocycles. The van der Waals surface area contributed by atoms with Crippen LogP contribution in [0.2, 0.25) is 5.02 Å². The van der Waals surface area contributed by atoms with E-state index in [0.29, 0.717) is 17.3 Å². The van der Waals surface area contributed by atoms with Crippen LogP contribution in [-0.2, 0) is 22.6 Å². The van der Waals surface area contributed by atoms with E-state index < -0.39 is 0 Å². The number of carbonyl (C=O) groups excluding carboxylic acids is 2. The van der Waals surface area contributed by atoms with E-state index in [9.17, 15) is 9.59 Å². The minimum atomic E-state index is -0.290. The van der Waals surface area contributed by atoms with E-state index in [1.54, 1.807) is 6.20 Å². The molecule has 0 radical (unpaired) electrons. The molecule has 162 valence electrons. The van der Waals surface area contributed by atoms with Gasteiger partial charge in [-0.05, 0) is 44.6 Å². The third kappa shape index (κ3) is 4.88. The first-order valence-corrected chi connectivity index (χ1v) is 11.1. The number of hydrogen-bond acceptors (Lipinski definition) is 5. The number of nitriles is 1. The number of carbonyl (C=O) groups is 2. The third-order valence-corrected chi connectivity index (χ3v) is 6.33. The second-order valence-corrected chi connectivity index (χ2v) is 8.59. The number of aryl methyl sites for hydroxylation is 1. The van der Waals surface area contributed by atoms with Crippen LogP contribution in [0.25, 0.3) is 11.1 Å². The fourth-order valence-electron chi connectivity index (χ4n) is 4.50. The molecule has 31 heavy (non-hydrogen) atoms. The Morgan fingerprint density at radius 1 is 1.23 bits per heavy atom. The molecule has 0 saturated heterocycles. The molecule has 0 spiro atoms. The molecular formula is C22H25ClN6O2. The van der Waals surface area contributed by atoms with Crippen molar-refractivity contribution in [2.24, 2.45) is 5.92 Å². The topological polar surface area (TPSA) is 113 Å². The van der Waals surface area contributed by atoms with Gasteiger partial charge in [-0.1, -0.05) is 18.0 Å². The Balaban J connectivity index is 1.45. The molecule has 3 heterocycles.